The van der Waals surface area contributed by atoms with E-state index in [0.717, 1.165) is 16.7 Å². The van der Waals surface area contributed by atoms with Gasteiger partial charge in [-0.25, -0.2) is 0 Å². The molecule has 1 aromatic carbocycles. The number of furan rings is 1. The molecule has 5 heteroatoms. The smallest absolute Gasteiger partial charge is 0.239 e. The summed E-state index contributed by atoms with van der Waals surface area (Å²) in [4.78, 5) is 13.4. The van der Waals surface area contributed by atoms with E-state index in [2.05, 4.69) is 0 Å². The summed E-state index contributed by atoms with van der Waals surface area (Å²) in [5, 5.41) is 1.04. The second-order valence-electron chi connectivity index (χ2n) is 4.60. The van der Waals surface area contributed by atoms with Crippen LogP contribution < -0.4 is 5.73 Å². The molecule has 19 heavy (non-hydrogen) atoms. The monoisotopic (exact) mass is 282 g/mol. The van der Waals surface area contributed by atoms with E-state index in [0.29, 0.717) is 0 Å². The number of carbonyl (C=O) groups is 1. The van der Waals surface area contributed by atoms with Gasteiger partial charge in [0.2, 0.25) is 5.91 Å². The van der Waals surface area contributed by atoms with Gasteiger partial charge in [-0.3, -0.25) is 4.79 Å². The number of hydrogen-bond acceptors (Lipinski definition) is 3. The molecule has 0 spiro atoms. The second-order valence-corrected chi connectivity index (χ2v) is 4.60. The Morgan fingerprint density at radius 3 is 2.53 bits per heavy atom. The van der Waals surface area contributed by atoms with Gasteiger partial charge in [-0.1, -0.05) is 18.2 Å². The molecular formula is C14H19ClN2O2. The van der Waals surface area contributed by atoms with Crippen LogP contribution in [0.1, 0.15) is 25.6 Å². The van der Waals surface area contributed by atoms with Crippen molar-refractivity contribution in [3.63, 3.8) is 0 Å². The van der Waals surface area contributed by atoms with Crippen LogP contribution in [0.5, 0.6) is 0 Å². The third-order valence-corrected chi connectivity index (χ3v) is 3.17. The van der Waals surface area contributed by atoms with E-state index in [1.54, 1.807) is 18.9 Å². The summed E-state index contributed by atoms with van der Waals surface area (Å²) in [5.41, 5.74) is 6.44. The van der Waals surface area contributed by atoms with Gasteiger partial charge in [0, 0.05) is 12.4 Å². The van der Waals surface area contributed by atoms with E-state index < -0.39 is 6.04 Å². The van der Waals surface area contributed by atoms with Crippen molar-refractivity contribution in [2.75, 3.05) is 7.05 Å². The van der Waals surface area contributed by atoms with Crippen molar-refractivity contribution in [1.82, 2.24) is 4.90 Å². The van der Waals surface area contributed by atoms with E-state index in [-0.39, 0.29) is 24.4 Å². The van der Waals surface area contributed by atoms with Gasteiger partial charge >= 0.3 is 0 Å². The Morgan fingerprint density at radius 1 is 1.32 bits per heavy atom. The lowest BCUT2D eigenvalue weighted by atomic mass is 10.2. The molecule has 104 valence electrons. The summed E-state index contributed by atoms with van der Waals surface area (Å²) in [5.74, 6) is 0.677. The van der Waals surface area contributed by atoms with Gasteiger partial charge < -0.3 is 15.1 Å². The maximum absolute atomic E-state index is 11.8. The fraction of sp³-hybridized carbons (Fsp3) is 0.357. The highest BCUT2D eigenvalue weighted by molar-refractivity contribution is 5.85. The first kappa shape index (κ1) is 15.5. The van der Waals surface area contributed by atoms with E-state index in [4.69, 9.17) is 10.2 Å². The number of benzene rings is 1. The number of nitrogens with two attached hydrogens (primary N) is 1. The second kappa shape index (κ2) is 6.08. The predicted octanol–water partition coefficient (Wildman–Crippen LogP) is 2.72. The largest absolute Gasteiger partial charge is 0.459 e. The summed E-state index contributed by atoms with van der Waals surface area (Å²) in [6.45, 7) is 3.61. The van der Waals surface area contributed by atoms with Crippen LogP contribution in [0.25, 0.3) is 11.0 Å². The normalized spacial score (nSPS) is 13.7. The molecule has 2 atom stereocenters. The number of halogens is 1. The summed E-state index contributed by atoms with van der Waals surface area (Å²) in [6.07, 6.45) is 0. The fourth-order valence-corrected chi connectivity index (χ4v) is 1.91. The van der Waals surface area contributed by atoms with Crippen molar-refractivity contribution >= 4 is 29.3 Å². The van der Waals surface area contributed by atoms with Gasteiger partial charge in [-0.2, -0.15) is 0 Å². The molecule has 2 rings (SSSR count). The molecule has 0 bridgehead atoms. The highest BCUT2D eigenvalue weighted by atomic mass is 35.5. The van der Waals surface area contributed by atoms with Crippen molar-refractivity contribution in [3.8, 4) is 0 Å². The van der Waals surface area contributed by atoms with Gasteiger partial charge in [-0.05, 0) is 26.0 Å². The minimum Gasteiger partial charge on any atom is -0.459 e. The quantitative estimate of drug-likeness (QED) is 0.942. The zero-order valence-electron chi connectivity index (χ0n) is 11.3. The van der Waals surface area contributed by atoms with Crippen LogP contribution in [0.15, 0.2) is 34.7 Å². The van der Waals surface area contributed by atoms with Gasteiger partial charge in [-0.15, -0.1) is 12.4 Å². The number of fused-ring (bicyclic) bond motifs is 1. The third-order valence-electron chi connectivity index (χ3n) is 3.17. The molecule has 0 fully saturated rings. The molecule has 1 aromatic heterocycles. The molecule has 1 amide bonds. The summed E-state index contributed by atoms with van der Waals surface area (Å²) < 4.78 is 5.75. The van der Waals surface area contributed by atoms with E-state index in [9.17, 15) is 4.79 Å². The number of likely N-dealkylation sites (N-methyl/N-ethyl adjacent to an activating group) is 1. The number of hydrogen-bond donors (Lipinski definition) is 1. The third kappa shape index (κ3) is 3.08. The Kier molecular flexibility index (Phi) is 4.97. The molecule has 0 aliphatic rings. The van der Waals surface area contributed by atoms with Crippen molar-refractivity contribution in [2.24, 2.45) is 5.73 Å². The van der Waals surface area contributed by atoms with Gasteiger partial charge in [0.25, 0.3) is 0 Å². The lowest BCUT2D eigenvalue weighted by molar-refractivity contribution is -0.133. The summed E-state index contributed by atoms with van der Waals surface area (Å²) in [6, 6.07) is 9.13. The maximum Gasteiger partial charge on any atom is 0.239 e. The van der Waals surface area contributed by atoms with Crippen LogP contribution in [-0.4, -0.2) is 23.9 Å². The number of rotatable bonds is 3. The van der Waals surface area contributed by atoms with Crippen LogP contribution in [0.4, 0.5) is 0 Å². The molecule has 0 saturated carbocycles. The Balaban J connectivity index is 0.00000180. The Bertz CT molecular complexity index is 532. The first-order chi connectivity index (χ1) is 8.50. The van der Waals surface area contributed by atoms with E-state index in [1.165, 1.54) is 0 Å². The standard InChI is InChI=1S/C14H18N2O2.ClH/c1-9(15)14(17)16(3)10(2)13-8-11-6-4-5-7-12(11)18-13;/h4-10H,15H2,1-3H3;1H/t9-,10?;/m0./s1. The molecule has 2 aromatic rings. The minimum absolute atomic E-state index is 0. The molecule has 0 aliphatic carbocycles. The van der Waals surface area contributed by atoms with Gasteiger partial charge in [0.15, 0.2) is 0 Å². The molecule has 1 unspecified atom stereocenters. The average molecular weight is 283 g/mol. The van der Waals surface area contributed by atoms with E-state index >= 15 is 0 Å². The molecule has 4 nitrogen and oxygen atoms in total. The summed E-state index contributed by atoms with van der Waals surface area (Å²) in [7, 11) is 1.74. The fourth-order valence-electron chi connectivity index (χ4n) is 1.91. The number of carbonyl (C=O) groups excluding carboxylic acids is 1. The molecular weight excluding hydrogens is 264 g/mol. The Labute approximate surface area is 119 Å². The van der Waals surface area contributed by atoms with E-state index in [1.807, 2.05) is 37.3 Å². The first-order valence-corrected chi connectivity index (χ1v) is 6.01. The van der Waals surface area contributed by atoms with Crippen molar-refractivity contribution < 1.29 is 9.21 Å². The average Bonchev–Trinajstić information content (AvgIpc) is 2.79. The minimum atomic E-state index is -0.498. The van der Waals surface area contributed by atoms with Crippen LogP contribution in [-0.2, 0) is 4.79 Å². The highest BCUT2D eigenvalue weighted by Gasteiger charge is 2.22. The van der Waals surface area contributed by atoms with Crippen LogP contribution in [0.2, 0.25) is 0 Å². The first-order valence-electron chi connectivity index (χ1n) is 6.01. The lowest BCUT2D eigenvalue weighted by Gasteiger charge is -2.24. The van der Waals surface area contributed by atoms with Crippen molar-refractivity contribution in [1.29, 1.82) is 0 Å². The molecule has 0 radical (unpaired) electrons. The van der Waals surface area contributed by atoms with Crippen molar-refractivity contribution in [3.05, 3.63) is 36.1 Å². The van der Waals surface area contributed by atoms with Crippen LogP contribution >= 0.6 is 12.4 Å². The Morgan fingerprint density at radius 2 is 1.95 bits per heavy atom. The molecule has 2 N–H and O–H groups in total. The summed E-state index contributed by atoms with van der Waals surface area (Å²) >= 11 is 0. The number of nitrogens with zero attached hydrogens (tertiary/aromatic N) is 1. The zero-order valence-corrected chi connectivity index (χ0v) is 12.1. The lowest BCUT2D eigenvalue weighted by Crippen LogP contribution is -2.40. The topological polar surface area (TPSA) is 59.5 Å². The predicted molar refractivity (Wildman–Crippen MR) is 78.3 cm³/mol. The van der Waals surface area contributed by atoms with Crippen molar-refractivity contribution in [2.45, 2.75) is 25.9 Å². The SMILES string of the molecule is CC(c1cc2ccccc2o1)N(C)C(=O)[C@H](C)N.Cl. The highest BCUT2D eigenvalue weighted by Crippen LogP contribution is 2.26. The van der Waals surface area contributed by atoms with Crippen LogP contribution in [0, 0.1) is 0 Å². The number of para-hydroxylation sites is 1. The molecule has 1 heterocycles. The zero-order chi connectivity index (χ0) is 13.3. The Hall–Kier alpha value is -1.52. The van der Waals surface area contributed by atoms with Gasteiger partial charge in [0.05, 0.1) is 12.1 Å². The van der Waals surface area contributed by atoms with Crippen LogP contribution in [0.3, 0.4) is 0 Å². The number of amides is 1. The molecule has 0 aliphatic heterocycles. The van der Waals surface area contributed by atoms with Gasteiger partial charge in [0.1, 0.15) is 11.3 Å². The molecule has 0 saturated heterocycles. The maximum atomic E-state index is 11.8.